The van der Waals surface area contributed by atoms with Gasteiger partial charge in [0.05, 0.1) is 27.8 Å². The van der Waals surface area contributed by atoms with E-state index in [9.17, 15) is 23.1 Å². The molecule has 0 aromatic heterocycles. The van der Waals surface area contributed by atoms with Gasteiger partial charge in [-0.3, -0.25) is 9.59 Å². The van der Waals surface area contributed by atoms with Crippen LogP contribution in [0.5, 0.6) is 0 Å². The van der Waals surface area contributed by atoms with Crippen molar-refractivity contribution in [3.8, 4) is 0 Å². The molecular formula is C35H46N4O5S. The quantitative estimate of drug-likeness (QED) is 0.274. The lowest BCUT2D eigenvalue weighted by molar-refractivity contribution is -0.119. The Morgan fingerprint density at radius 2 is 1.53 bits per heavy atom. The van der Waals surface area contributed by atoms with E-state index in [0.29, 0.717) is 37.2 Å². The molecule has 1 aromatic rings. The summed E-state index contributed by atoms with van der Waals surface area (Å²) >= 11 is 0. The monoisotopic (exact) mass is 634 g/mol. The molecule has 2 saturated carbocycles. The highest BCUT2D eigenvalue weighted by Gasteiger charge is 2.40. The molecule has 0 heterocycles. The number of rotatable bonds is 11. The standard InChI is InChI=1S/C35H46N4O5S/c1-5-38(6-2)24-17-19-27(29(21-24)36-35(42)23-13-9-10-14-23)31-33(40)32(34(31)41)28-20-18-25(39(7-3)8-4)22-30(28)37-45(43,44)26-15-11-12-16-26/h17-23,26,40H,5-16H2,1-4H3,(H,36,42)/b32-28-,37-30+. The zero-order valence-corrected chi connectivity index (χ0v) is 27.8. The third-order valence-corrected chi connectivity index (χ3v) is 11.4. The van der Waals surface area contributed by atoms with Crippen molar-refractivity contribution in [2.45, 2.75) is 84.3 Å². The number of allylic oxidation sites excluding steroid dienone is 6. The minimum absolute atomic E-state index is 0.0392. The molecule has 0 saturated heterocycles. The Balaban J connectivity index is 1.59. The Bertz CT molecular complexity index is 1600. The molecular weight excluding hydrogens is 588 g/mol. The number of benzene rings is 1. The molecule has 10 heteroatoms. The average molecular weight is 635 g/mol. The predicted octanol–water partition coefficient (Wildman–Crippen LogP) is 6.32. The van der Waals surface area contributed by atoms with Gasteiger partial charge < -0.3 is 20.2 Å². The molecule has 242 valence electrons. The third kappa shape index (κ3) is 6.52. The van der Waals surface area contributed by atoms with Crippen molar-refractivity contribution in [3.63, 3.8) is 0 Å². The molecule has 0 aliphatic heterocycles. The lowest BCUT2D eigenvalue weighted by atomic mass is 9.78. The fraction of sp³-hybridized carbons (Fsp3) is 0.514. The van der Waals surface area contributed by atoms with Gasteiger partial charge in [-0.05, 0) is 89.8 Å². The number of aliphatic hydroxyl groups is 1. The summed E-state index contributed by atoms with van der Waals surface area (Å²) in [5, 5.41) is 14.0. The van der Waals surface area contributed by atoms with Crippen molar-refractivity contribution in [3.05, 3.63) is 64.6 Å². The van der Waals surface area contributed by atoms with Gasteiger partial charge in [-0.1, -0.05) is 25.7 Å². The maximum absolute atomic E-state index is 13.9. The van der Waals surface area contributed by atoms with E-state index in [4.69, 9.17) is 0 Å². The highest BCUT2D eigenvalue weighted by Crippen LogP contribution is 2.43. The summed E-state index contributed by atoms with van der Waals surface area (Å²) in [6.07, 6.45) is 11.8. The number of nitrogens with one attached hydrogen (secondary N) is 1. The van der Waals surface area contributed by atoms with E-state index in [2.05, 4.69) is 33.4 Å². The Labute approximate surface area is 267 Å². The second-order valence-electron chi connectivity index (χ2n) is 12.2. The number of hydrogen-bond acceptors (Lipinski definition) is 7. The van der Waals surface area contributed by atoms with Crippen LogP contribution in [0.1, 0.15) is 84.6 Å². The Kier molecular flexibility index (Phi) is 10.0. The van der Waals surface area contributed by atoms with Crippen molar-refractivity contribution in [1.82, 2.24) is 4.90 Å². The molecule has 4 aliphatic rings. The van der Waals surface area contributed by atoms with E-state index in [1.807, 2.05) is 32.1 Å². The maximum atomic E-state index is 13.9. The lowest BCUT2D eigenvalue weighted by Crippen LogP contribution is -2.29. The molecule has 0 radical (unpaired) electrons. The van der Waals surface area contributed by atoms with Crippen LogP contribution >= 0.6 is 0 Å². The molecule has 1 aromatic carbocycles. The number of ketones is 1. The molecule has 0 unspecified atom stereocenters. The van der Waals surface area contributed by atoms with Crippen molar-refractivity contribution in [1.29, 1.82) is 0 Å². The van der Waals surface area contributed by atoms with Gasteiger partial charge in [0.2, 0.25) is 11.7 Å². The molecule has 2 fully saturated rings. The maximum Gasteiger partial charge on any atom is 0.256 e. The number of carbonyl (C=O) groups is 2. The number of carbonyl (C=O) groups excluding carboxylic acids is 2. The normalized spacial score (nSPS) is 21.8. The first-order valence-corrected chi connectivity index (χ1v) is 18.0. The minimum atomic E-state index is -3.82. The van der Waals surface area contributed by atoms with Gasteiger partial charge in [0.1, 0.15) is 5.76 Å². The van der Waals surface area contributed by atoms with Crippen LogP contribution in [0.4, 0.5) is 11.4 Å². The van der Waals surface area contributed by atoms with Crippen LogP contribution in [-0.4, -0.2) is 67.3 Å². The fourth-order valence-corrected chi connectivity index (χ4v) is 8.46. The van der Waals surface area contributed by atoms with E-state index in [1.165, 1.54) is 0 Å². The summed E-state index contributed by atoms with van der Waals surface area (Å²) in [7, 11) is -3.82. The molecule has 4 aliphatic carbocycles. The summed E-state index contributed by atoms with van der Waals surface area (Å²) in [5.74, 6) is -0.791. The highest BCUT2D eigenvalue weighted by molar-refractivity contribution is 7.90. The molecule has 45 heavy (non-hydrogen) atoms. The van der Waals surface area contributed by atoms with E-state index < -0.39 is 21.1 Å². The number of amides is 1. The zero-order chi connectivity index (χ0) is 32.3. The van der Waals surface area contributed by atoms with E-state index in [1.54, 1.807) is 18.2 Å². The Morgan fingerprint density at radius 3 is 2.13 bits per heavy atom. The van der Waals surface area contributed by atoms with Crippen molar-refractivity contribution >= 4 is 44.4 Å². The molecule has 2 N–H and O–H groups in total. The molecule has 0 bridgehead atoms. The van der Waals surface area contributed by atoms with Crippen molar-refractivity contribution < 1.29 is 23.1 Å². The van der Waals surface area contributed by atoms with Gasteiger partial charge in [0.15, 0.2) is 0 Å². The number of Topliss-reactive ketones (excluding diaryl/α,β-unsaturated/α-hetero) is 1. The highest BCUT2D eigenvalue weighted by atomic mass is 32.2. The fourth-order valence-electron chi connectivity index (χ4n) is 6.95. The number of nitrogens with zero attached hydrogens (tertiary/aromatic N) is 3. The smallest absolute Gasteiger partial charge is 0.256 e. The first-order valence-electron chi connectivity index (χ1n) is 16.5. The van der Waals surface area contributed by atoms with Gasteiger partial charge in [-0.2, -0.15) is 4.40 Å². The van der Waals surface area contributed by atoms with Crippen LogP contribution in [0, 0.1) is 5.92 Å². The van der Waals surface area contributed by atoms with Gasteiger partial charge in [-0.15, -0.1) is 0 Å². The van der Waals surface area contributed by atoms with Gasteiger partial charge in [0.25, 0.3) is 10.0 Å². The number of hydrogen-bond donors (Lipinski definition) is 2. The number of anilines is 2. The summed E-state index contributed by atoms with van der Waals surface area (Å²) < 4.78 is 31.0. The number of likely N-dealkylation sites (N-methyl/N-ethyl adjacent to an activating group) is 1. The zero-order valence-electron chi connectivity index (χ0n) is 26.9. The van der Waals surface area contributed by atoms with Crippen LogP contribution in [0.25, 0.3) is 5.57 Å². The largest absolute Gasteiger partial charge is 0.506 e. The van der Waals surface area contributed by atoms with Crippen molar-refractivity contribution in [2.24, 2.45) is 10.3 Å². The average Bonchev–Trinajstić information content (AvgIpc) is 3.77. The summed E-state index contributed by atoms with van der Waals surface area (Å²) in [6, 6.07) is 5.54. The van der Waals surface area contributed by atoms with E-state index in [0.717, 1.165) is 63.0 Å². The van der Waals surface area contributed by atoms with Gasteiger partial charge in [-0.25, -0.2) is 8.42 Å². The first-order chi connectivity index (χ1) is 21.6. The van der Waals surface area contributed by atoms with E-state index >= 15 is 0 Å². The second-order valence-corrected chi connectivity index (χ2v) is 14.1. The second kappa shape index (κ2) is 13.8. The first kappa shape index (κ1) is 32.7. The summed E-state index contributed by atoms with van der Waals surface area (Å²) in [4.78, 5) is 31.4. The van der Waals surface area contributed by atoms with Crippen molar-refractivity contribution in [2.75, 3.05) is 36.4 Å². The third-order valence-electron chi connectivity index (χ3n) is 9.64. The van der Waals surface area contributed by atoms with Crippen LogP contribution in [0.2, 0.25) is 0 Å². The van der Waals surface area contributed by atoms with Gasteiger partial charge in [0, 0.05) is 54.6 Å². The SMILES string of the molecule is CCN(CC)C1=CC(=N\S(=O)(=O)C2CCCC2)/C(=C2\C(=O)C(c3ccc(N(CC)CC)cc3NC(=O)C3CCCC3)=C2O)C=C1. The van der Waals surface area contributed by atoms with Gasteiger partial charge >= 0.3 is 0 Å². The molecule has 5 rings (SSSR count). The summed E-state index contributed by atoms with van der Waals surface area (Å²) in [5.41, 5.74) is 3.22. The molecule has 9 nitrogen and oxygen atoms in total. The number of sulfonamides is 1. The molecule has 0 spiro atoms. The minimum Gasteiger partial charge on any atom is -0.506 e. The Hall–Kier alpha value is -3.66. The van der Waals surface area contributed by atoms with Crippen LogP contribution in [-0.2, 0) is 19.6 Å². The lowest BCUT2D eigenvalue weighted by Gasteiger charge is -2.29. The van der Waals surface area contributed by atoms with E-state index in [-0.39, 0.29) is 40.0 Å². The predicted molar refractivity (Wildman–Crippen MR) is 181 cm³/mol. The van der Waals surface area contributed by atoms with Crippen LogP contribution in [0.3, 0.4) is 0 Å². The Morgan fingerprint density at radius 1 is 0.911 bits per heavy atom. The molecule has 1 amide bonds. The summed E-state index contributed by atoms with van der Waals surface area (Å²) in [6.45, 7) is 11.1. The molecule has 0 atom stereocenters. The van der Waals surface area contributed by atoms with Crippen LogP contribution < -0.4 is 10.2 Å². The topological polar surface area (TPSA) is 119 Å². The number of aliphatic hydroxyl groups excluding tert-OH is 1. The van der Waals surface area contributed by atoms with Crippen LogP contribution in [0.15, 0.2) is 63.4 Å².